The summed E-state index contributed by atoms with van der Waals surface area (Å²) in [7, 11) is -9.80. The summed E-state index contributed by atoms with van der Waals surface area (Å²) in [6, 6.07) is 0. The number of aliphatic hydroxyl groups is 2. The second-order valence-electron chi connectivity index (χ2n) is 22.2. The standard InChI is InChI=1S/C73H120O16P2/c1-4-7-10-13-16-19-22-25-27-29-30-31-32-33-34-35-36-38-40-42-44-47-50-53-56-59-71(76)83-62-68(74)63-85-90(79,80)86-64-69(75)65-87-91(81,82)88-67-70(89-73(78)61-58-55-52-49-46-41-24-21-18-15-12-9-6-3)66-84-72(77)60-57-54-51-48-45-43-39-37-28-26-23-20-17-14-11-8-5-2/h7-8,10-12,15-17,19-21,24-28,30-31,33-34,39,43,48,51,68-70,74-75H,4-6,9,13-14,18,22-23,29,32,35-38,40-42,44-47,49-50,52-67H2,1-3H3,(H,79,80)(H,81,82)/b10-7-,11-8-,15-12-,19-16-,20-17-,24-21-,27-25-,28-26-,31-30-,34-33-,43-39-,51-48-. The number of allylic oxidation sites excluding steroid dienone is 24. The van der Waals surface area contributed by atoms with Crippen LogP contribution in [0.5, 0.6) is 0 Å². The molecule has 518 valence electrons. The van der Waals surface area contributed by atoms with Crippen molar-refractivity contribution in [3.63, 3.8) is 0 Å². The van der Waals surface area contributed by atoms with Crippen LogP contribution in [0.2, 0.25) is 0 Å². The molecule has 0 aromatic carbocycles. The summed E-state index contributed by atoms with van der Waals surface area (Å²) in [5, 5.41) is 20.5. The normalized spacial score (nSPS) is 15.1. The predicted molar refractivity (Wildman–Crippen MR) is 371 cm³/mol. The minimum absolute atomic E-state index is 0.0715. The van der Waals surface area contributed by atoms with Gasteiger partial charge in [0.2, 0.25) is 0 Å². The quantitative estimate of drug-likeness (QED) is 0.0146. The van der Waals surface area contributed by atoms with Gasteiger partial charge >= 0.3 is 33.6 Å². The Kier molecular flexibility index (Phi) is 62.2. The zero-order chi connectivity index (χ0) is 66.7. The molecule has 0 radical (unpaired) electrons. The molecule has 0 fully saturated rings. The smallest absolute Gasteiger partial charge is 0.463 e. The number of hydrogen-bond acceptors (Lipinski definition) is 14. The number of esters is 3. The first-order valence-corrected chi connectivity index (χ1v) is 37.1. The monoisotopic (exact) mass is 1310 g/mol. The molecule has 0 saturated carbocycles. The van der Waals surface area contributed by atoms with Gasteiger partial charge in [0.25, 0.3) is 0 Å². The van der Waals surface area contributed by atoms with E-state index < -0.39 is 91.5 Å². The van der Waals surface area contributed by atoms with Crippen molar-refractivity contribution in [1.29, 1.82) is 0 Å². The summed E-state index contributed by atoms with van der Waals surface area (Å²) in [5.74, 6) is -1.68. The third-order valence-corrected chi connectivity index (χ3v) is 15.4. The summed E-state index contributed by atoms with van der Waals surface area (Å²) < 4.78 is 60.8. The molecule has 5 atom stereocenters. The lowest BCUT2D eigenvalue weighted by Crippen LogP contribution is -2.30. The number of unbranched alkanes of at least 4 members (excludes halogenated alkanes) is 16. The van der Waals surface area contributed by atoms with E-state index in [1.54, 1.807) is 0 Å². The molecule has 4 N–H and O–H groups in total. The molecule has 0 aromatic rings. The van der Waals surface area contributed by atoms with Crippen LogP contribution in [-0.2, 0) is 55.8 Å². The summed E-state index contributed by atoms with van der Waals surface area (Å²) in [6.45, 7) is 2.25. The number of carbonyl (C=O) groups is 3. The van der Waals surface area contributed by atoms with Gasteiger partial charge in [-0.15, -0.1) is 0 Å². The molecule has 0 amide bonds. The summed E-state index contributed by atoms with van der Waals surface area (Å²) in [5.41, 5.74) is 0. The van der Waals surface area contributed by atoms with Gasteiger partial charge in [0.1, 0.15) is 25.4 Å². The summed E-state index contributed by atoms with van der Waals surface area (Å²) in [4.78, 5) is 58.3. The highest BCUT2D eigenvalue weighted by Crippen LogP contribution is 2.45. The molecule has 0 aromatic heterocycles. The molecule has 0 aliphatic rings. The van der Waals surface area contributed by atoms with Gasteiger partial charge in [0.15, 0.2) is 6.10 Å². The topological polar surface area (TPSA) is 231 Å². The van der Waals surface area contributed by atoms with Crippen LogP contribution in [0.1, 0.15) is 239 Å². The van der Waals surface area contributed by atoms with E-state index in [9.17, 15) is 43.5 Å². The van der Waals surface area contributed by atoms with Gasteiger partial charge < -0.3 is 34.2 Å². The first-order chi connectivity index (χ1) is 44.2. The molecule has 0 saturated heterocycles. The Hall–Kier alpha value is -4.57. The lowest BCUT2D eigenvalue weighted by molar-refractivity contribution is -0.161. The van der Waals surface area contributed by atoms with E-state index in [1.807, 2.05) is 12.2 Å². The molecule has 0 bridgehead atoms. The van der Waals surface area contributed by atoms with Gasteiger partial charge in [0, 0.05) is 19.3 Å². The molecule has 18 heteroatoms. The average molecular weight is 1320 g/mol. The number of carbonyl (C=O) groups excluding carboxylic acids is 3. The van der Waals surface area contributed by atoms with Crippen LogP contribution in [0.25, 0.3) is 0 Å². The number of rotatable bonds is 63. The zero-order valence-corrected chi connectivity index (χ0v) is 57.7. The van der Waals surface area contributed by atoms with Crippen molar-refractivity contribution in [2.24, 2.45) is 0 Å². The molecule has 0 heterocycles. The van der Waals surface area contributed by atoms with Crippen molar-refractivity contribution in [2.45, 2.75) is 257 Å². The average Bonchev–Trinajstić information content (AvgIpc) is 3.75. The first-order valence-electron chi connectivity index (χ1n) is 34.1. The third-order valence-electron chi connectivity index (χ3n) is 13.5. The van der Waals surface area contributed by atoms with Gasteiger partial charge in [-0.2, -0.15) is 0 Å². The van der Waals surface area contributed by atoms with Crippen LogP contribution in [0.3, 0.4) is 0 Å². The molecule has 0 aliphatic carbocycles. The van der Waals surface area contributed by atoms with Crippen molar-refractivity contribution in [1.82, 2.24) is 0 Å². The molecule has 0 rings (SSSR count). The molecule has 91 heavy (non-hydrogen) atoms. The van der Waals surface area contributed by atoms with E-state index in [0.717, 1.165) is 148 Å². The lowest BCUT2D eigenvalue weighted by Gasteiger charge is -2.21. The van der Waals surface area contributed by atoms with Gasteiger partial charge in [-0.05, 0) is 128 Å². The third kappa shape index (κ3) is 66.7. The Bertz CT molecular complexity index is 2240. The Labute approximate surface area is 549 Å². The van der Waals surface area contributed by atoms with Crippen LogP contribution < -0.4 is 0 Å². The van der Waals surface area contributed by atoms with E-state index in [1.165, 1.54) is 25.7 Å². The maximum Gasteiger partial charge on any atom is 0.472 e. The molecule has 0 spiro atoms. The van der Waals surface area contributed by atoms with Crippen LogP contribution >= 0.6 is 15.6 Å². The fourth-order valence-electron chi connectivity index (χ4n) is 8.37. The van der Waals surface area contributed by atoms with Crippen LogP contribution in [0, 0.1) is 0 Å². The Balaban J connectivity index is 4.62. The van der Waals surface area contributed by atoms with E-state index in [4.69, 9.17) is 32.3 Å². The molecular weight excluding hydrogens is 1190 g/mol. The predicted octanol–water partition coefficient (Wildman–Crippen LogP) is 19.0. The van der Waals surface area contributed by atoms with E-state index in [-0.39, 0.29) is 19.3 Å². The lowest BCUT2D eigenvalue weighted by atomic mass is 10.1. The van der Waals surface area contributed by atoms with Gasteiger partial charge in [-0.3, -0.25) is 32.5 Å². The Morgan fingerprint density at radius 2 is 0.593 bits per heavy atom. The highest BCUT2D eigenvalue weighted by atomic mass is 31.2. The van der Waals surface area contributed by atoms with Crippen molar-refractivity contribution < 1.29 is 75.8 Å². The van der Waals surface area contributed by atoms with Crippen molar-refractivity contribution in [2.75, 3.05) is 39.6 Å². The number of phosphoric acid groups is 2. The number of aliphatic hydroxyl groups excluding tert-OH is 2. The van der Waals surface area contributed by atoms with E-state index in [0.29, 0.717) is 25.7 Å². The van der Waals surface area contributed by atoms with Crippen molar-refractivity contribution in [3.05, 3.63) is 146 Å². The summed E-state index contributed by atoms with van der Waals surface area (Å²) in [6.07, 6.45) is 77.7. The van der Waals surface area contributed by atoms with Gasteiger partial charge in [-0.25, -0.2) is 9.13 Å². The number of ether oxygens (including phenoxy) is 3. The fourth-order valence-corrected chi connectivity index (χ4v) is 9.96. The minimum Gasteiger partial charge on any atom is -0.463 e. The van der Waals surface area contributed by atoms with Crippen molar-refractivity contribution >= 4 is 33.6 Å². The minimum atomic E-state index is -4.94. The van der Waals surface area contributed by atoms with Gasteiger partial charge in [0.05, 0.1) is 26.4 Å². The first kappa shape index (κ1) is 86.4. The number of hydrogen-bond donors (Lipinski definition) is 4. The Morgan fingerprint density at radius 3 is 0.967 bits per heavy atom. The van der Waals surface area contributed by atoms with Crippen molar-refractivity contribution in [3.8, 4) is 0 Å². The largest absolute Gasteiger partial charge is 0.472 e. The van der Waals surface area contributed by atoms with Crippen LogP contribution in [-0.4, -0.2) is 95.9 Å². The number of phosphoric ester groups is 2. The van der Waals surface area contributed by atoms with Gasteiger partial charge in [-0.1, -0.05) is 237 Å². The highest BCUT2D eigenvalue weighted by molar-refractivity contribution is 7.47. The highest BCUT2D eigenvalue weighted by Gasteiger charge is 2.29. The maximum absolute atomic E-state index is 12.9. The Morgan fingerprint density at radius 1 is 0.319 bits per heavy atom. The molecule has 5 unspecified atom stereocenters. The molecular formula is C73H120O16P2. The second-order valence-corrected chi connectivity index (χ2v) is 25.1. The van der Waals surface area contributed by atoms with E-state index >= 15 is 0 Å². The molecule has 16 nitrogen and oxygen atoms in total. The maximum atomic E-state index is 12.9. The molecule has 0 aliphatic heterocycles. The van der Waals surface area contributed by atoms with Crippen LogP contribution in [0.15, 0.2) is 146 Å². The second kappa shape index (κ2) is 65.5. The fraction of sp³-hybridized carbons (Fsp3) is 0.630. The van der Waals surface area contributed by atoms with E-state index in [2.05, 4.69) is 154 Å². The SMILES string of the molecule is CC/C=C\C/C=C\C/C=C\C/C=C\C/C=C\CCCCCCCCCCCC(=O)OCC(O)COP(=O)(O)OCC(O)COP(=O)(O)OCC(COC(=O)CCC/C=C\C/C=C\C/C=C\C/C=C\C/C=C\CC)OC(=O)CCCCCCC/C=C\C/C=C\CCC. The summed E-state index contributed by atoms with van der Waals surface area (Å²) >= 11 is 0. The van der Waals surface area contributed by atoms with Crippen LogP contribution in [0.4, 0.5) is 0 Å². The zero-order valence-electron chi connectivity index (χ0n) is 56.0.